The van der Waals surface area contributed by atoms with Crippen LogP contribution in [0.4, 0.5) is 0 Å². The summed E-state index contributed by atoms with van der Waals surface area (Å²) in [6.45, 7) is 0. The summed E-state index contributed by atoms with van der Waals surface area (Å²) in [6.07, 6.45) is 0. The number of rotatable bonds is 5. The average molecular weight is 687 g/mol. The molecule has 0 atom stereocenters. The predicted octanol–water partition coefficient (Wildman–Crippen LogP) is 12.5. The quantitative estimate of drug-likeness (QED) is 0.181. The van der Waals surface area contributed by atoms with Crippen LogP contribution in [-0.4, -0.2) is 19.9 Å². The monoisotopic (exact) mass is 686 g/mol. The molecule has 0 spiro atoms. The summed E-state index contributed by atoms with van der Waals surface area (Å²) in [7, 11) is 0. The third-order valence-corrected chi connectivity index (χ3v) is 12.7. The zero-order valence-corrected chi connectivity index (χ0v) is 28.4. The summed E-state index contributed by atoms with van der Waals surface area (Å²) in [5.41, 5.74) is 10.6. The number of aromatic nitrogens is 4. The molecule has 0 unspecified atom stereocenters. The fraction of sp³-hybridized carbons (Fsp3) is 0. The highest BCUT2D eigenvalue weighted by atomic mass is 32.1. The summed E-state index contributed by atoms with van der Waals surface area (Å²) in [5.74, 6) is 0. The fourth-order valence-electron chi connectivity index (χ4n) is 6.07. The van der Waals surface area contributed by atoms with Gasteiger partial charge in [0.25, 0.3) is 0 Å². The molecule has 0 aliphatic heterocycles. The van der Waals surface area contributed by atoms with Crippen molar-refractivity contribution >= 4 is 86.2 Å². The molecule has 10 aromatic rings. The average Bonchev–Trinajstić information content (AvgIpc) is 3.94. The van der Waals surface area contributed by atoms with Crippen LogP contribution in [0, 0.1) is 0 Å². The molecule has 226 valence electrons. The molecular formula is C40H22N4S4. The van der Waals surface area contributed by atoms with E-state index in [4.69, 9.17) is 19.9 Å². The lowest BCUT2D eigenvalue weighted by atomic mass is 9.96. The van der Waals surface area contributed by atoms with Gasteiger partial charge in [0.15, 0.2) is 0 Å². The van der Waals surface area contributed by atoms with Crippen molar-refractivity contribution < 1.29 is 0 Å². The van der Waals surface area contributed by atoms with E-state index in [9.17, 15) is 0 Å². The molecule has 6 aromatic carbocycles. The molecular weight excluding hydrogens is 665 g/mol. The van der Waals surface area contributed by atoms with Crippen LogP contribution in [0.2, 0.25) is 0 Å². The van der Waals surface area contributed by atoms with Gasteiger partial charge in [0, 0.05) is 22.3 Å². The van der Waals surface area contributed by atoms with Gasteiger partial charge < -0.3 is 0 Å². The topological polar surface area (TPSA) is 51.6 Å². The van der Waals surface area contributed by atoms with Gasteiger partial charge in [-0.25, -0.2) is 19.9 Å². The van der Waals surface area contributed by atoms with Crippen molar-refractivity contribution in [3.8, 4) is 53.4 Å². The zero-order valence-electron chi connectivity index (χ0n) is 25.1. The van der Waals surface area contributed by atoms with Gasteiger partial charge in [0.1, 0.15) is 20.0 Å². The first kappa shape index (κ1) is 27.9. The minimum absolute atomic E-state index is 0.995. The lowest BCUT2D eigenvalue weighted by Gasteiger charge is -2.11. The third-order valence-electron chi connectivity index (χ3n) is 8.36. The SMILES string of the molecule is c1ccc2sc(-c3cc(-c4cc(-c5nc6ccccc6s5)cc(-c5nc6ccccc6s5)c4)cc(-c4nc5ccccc5s4)c3)nc2c1. The van der Waals surface area contributed by atoms with Crippen molar-refractivity contribution in [2.75, 3.05) is 0 Å². The van der Waals surface area contributed by atoms with Crippen molar-refractivity contribution in [3.05, 3.63) is 133 Å². The second-order valence-electron chi connectivity index (χ2n) is 11.5. The number of para-hydroxylation sites is 4. The summed E-state index contributed by atoms with van der Waals surface area (Å²) in [5, 5.41) is 3.98. The summed E-state index contributed by atoms with van der Waals surface area (Å²) < 4.78 is 4.71. The smallest absolute Gasteiger partial charge is 0.124 e. The van der Waals surface area contributed by atoms with E-state index in [-0.39, 0.29) is 0 Å². The molecule has 0 radical (unpaired) electrons. The van der Waals surface area contributed by atoms with E-state index in [1.54, 1.807) is 45.3 Å². The molecule has 0 amide bonds. The molecule has 4 aromatic heterocycles. The molecule has 8 heteroatoms. The van der Waals surface area contributed by atoms with E-state index in [1.165, 1.54) is 18.8 Å². The first-order valence-electron chi connectivity index (χ1n) is 15.4. The minimum atomic E-state index is 0.995. The Morgan fingerprint density at radius 3 is 0.750 bits per heavy atom. The highest BCUT2D eigenvalue weighted by Gasteiger charge is 2.17. The maximum absolute atomic E-state index is 5.06. The fourth-order valence-corrected chi connectivity index (χ4v) is 9.88. The second-order valence-corrected chi connectivity index (χ2v) is 15.7. The Hall–Kier alpha value is -5.12. The van der Waals surface area contributed by atoms with Crippen molar-refractivity contribution in [1.29, 1.82) is 0 Å². The molecule has 0 bridgehead atoms. The molecule has 4 heterocycles. The van der Waals surface area contributed by atoms with Crippen LogP contribution in [0.1, 0.15) is 0 Å². The number of benzene rings is 6. The Kier molecular flexibility index (Phi) is 6.55. The minimum Gasteiger partial charge on any atom is -0.236 e. The van der Waals surface area contributed by atoms with E-state index in [0.29, 0.717) is 0 Å². The van der Waals surface area contributed by atoms with E-state index in [2.05, 4.69) is 109 Å². The van der Waals surface area contributed by atoms with Crippen LogP contribution in [-0.2, 0) is 0 Å². The third kappa shape index (κ3) is 4.93. The van der Waals surface area contributed by atoms with Crippen molar-refractivity contribution in [3.63, 3.8) is 0 Å². The zero-order chi connectivity index (χ0) is 31.6. The van der Waals surface area contributed by atoms with E-state index in [0.717, 1.165) is 75.5 Å². The van der Waals surface area contributed by atoms with Crippen molar-refractivity contribution in [1.82, 2.24) is 19.9 Å². The number of thiazole rings is 4. The van der Waals surface area contributed by atoms with Crippen LogP contribution in [0.5, 0.6) is 0 Å². The van der Waals surface area contributed by atoms with Crippen molar-refractivity contribution in [2.24, 2.45) is 0 Å². The molecule has 0 aliphatic carbocycles. The number of fused-ring (bicyclic) bond motifs is 4. The molecule has 0 fully saturated rings. The molecule has 10 rings (SSSR count). The highest BCUT2D eigenvalue weighted by Crippen LogP contribution is 2.42. The van der Waals surface area contributed by atoms with Crippen molar-refractivity contribution in [2.45, 2.75) is 0 Å². The van der Waals surface area contributed by atoms with Gasteiger partial charge in [-0.05, 0) is 96.1 Å². The van der Waals surface area contributed by atoms with Crippen LogP contribution in [0.25, 0.3) is 94.3 Å². The van der Waals surface area contributed by atoms with E-state index >= 15 is 0 Å². The molecule has 0 N–H and O–H groups in total. The second kappa shape index (κ2) is 11.2. The number of nitrogens with zero attached hydrogens (tertiary/aromatic N) is 4. The maximum atomic E-state index is 5.06. The van der Waals surface area contributed by atoms with Gasteiger partial charge in [-0.3, -0.25) is 0 Å². The van der Waals surface area contributed by atoms with Gasteiger partial charge in [-0.15, -0.1) is 45.3 Å². The standard InChI is InChI=1S/C40H22N4S4/c1-5-13-33-29(9-1)41-37(45-33)25-17-23(18-26(21-25)38-42-30-10-2-6-14-34(30)46-38)24-19-27(39-43-31-11-3-7-15-35(31)47-39)22-28(20-24)40-44-32-12-4-8-16-36(32)48-40/h1-22H. The Morgan fingerprint density at radius 2 is 0.500 bits per heavy atom. The lowest BCUT2D eigenvalue weighted by Crippen LogP contribution is -1.88. The summed E-state index contributed by atoms with van der Waals surface area (Å²) in [6, 6.07) is 46.9. The maximum Gasteiger partial charge on any atom is 0.124 e. The molecule has 0 saturated heterocycles. The summed E-state index contributed by atoms with van der Waals surface area (Å²) >= 11 is 6.89. The molecule has 0 aliphatic rings. The van der Waals surface area contributed by atoms with Gasteiger partial charge in [-0.2, -0.15) is 0 Å². The van der Waals surface area contributed by atoms with Gasteiger partial charge in [-0.1, -0.05) is 48.5 Å². The largest absolute Gasteiger partial charge is 0.236 e. The Balaban J connectivity index is 1.21. The Morgan fingerprint density at radius 1 is 0.271 bits per heavy atom. The van der Waals surface area contributed by atoms with Crippen LogP contribution in [0.3, 0.4) is 0 Å². The van der Waals surface area contributed by atoms with Gasteiger partial charge in [0.2, 0.25) is 0 Å². The van der Waals surface area contributed by atoms with Gasteiger partial charge >= 0.3 is 0 Å². The molecule has 0 saturated carbocycles. The van der Waals surface area contributed by atoms with Crippen LogP contribution >= 0.6 is 45.3 Å². The van der Waals surface area contributed by atoms with E-state index < -0.39 is 0 Å². The Bertz CT molecular complexity index is 2310. The highest BCUT2D eigenvalue weighted by molar-refractivity contribution is 7.22. The normalized spacial score (nSPS) is 11.8. The molecule has 48 heavy (non-hydrogen) atoms. The number of hydrogen-bond acceptors (Lipinski definition) is 8. The van der Waals surface area contributed by atoms with E-state index in [1.807, 2.05) is 24.3 Å². The predicted molar refractivity (Wildman–Crippen MR) is 206 cm³/mol. The first-order valence-corrected chi connectivity index (χ1v) is 18.7. The lowest BCUT2D eigenvalue weighted by molar-refractivity contribution is 1.44. The Labute approximate surface area is 291 Å². The first-order chi connectivity index (χ1) is 23.7. The summed E-state index contributed by atoms with van der Waals surface area (Å²) in [4.78, 5) is 20.2. The number of hydrogen-bond donors (Lipinski definition) is 0. The van der Waals surface area contributed by atoms with Gasteiger partial charge in [0.05, 0.1) is 40.9 Å². The van der Waals surface area contributed by atoms with Crippen LogP contribution < -0.4 is 0 Å². The molecule has 4 nitrogen and oxygen atoms in total. The van der Waals surface area contributed by atoms with Crippen LogP contribution in [0.15, 0.2) is 133 Å².